The van der Waals surface area contributed by atoms with Gasteiger partial charge in [-0.05, 0) is 12.8 Å². The van der Waals surface area contributed by atoms with Gasteiger partial charge in [0.2, 0.25) is 0 Å². The number of rotatable bonds is 2. The van der Waals surface area contributed by atoms with E-state index in [2.05, 4.69) is 4.89 Å². The highest BCUT2D eigenvalue weighted by Crippen LogP contribution is 2.55. The van der Waals surface area contributed by atoms with Crippen molar-refractivity contribution in [3.63, 3.8) is 0 Å². The minimum atomic E-state index is -5.99. The van der Waals surface area contributed by atoms with Crippen molar-refractivity contribution >= 4 is 0 Å². The SMILES string of the molecule is OOC1(C(O)(C(F)(F)F)C(F)(F)F)CCCCC1. The van der Waals surface area contributed by atoms with Crippen molar-refractivity contribution in [1.82, 2.24) is 0 Å². The molecular weight excluding hydrogens is 270 g/mol. The van der Waals surface area contributed by atoms with E-state index in [0.717, 1.165) is 0 Å². The molecule has 0 saturated heterocycles. The van der Waals surface area contributed by atoms with Crippen LogP contribution in [-0.2, 0) is 4.89 Å². The Hall–Kier alpha value is -0.540. The van der Waals surface area contributed by atoms with Crippen LogP contribution in [0.3, 0.4) is 0 Å². The van der Waals surface area contributed by atoms with Crippen LogP contribution in [0.15, 0.2) is 0 Å². The molecule has 0 radical (unpaired) electrons. The first kappa shape index (κ1) is 15.5. The van der Waals surface area contributed by atoms with Crippen molar-refractivity contribution < 1.29 is 41.6 Å². The maximum absolute atomic E-state index is 12.7. The average molecular weight is 282 g/mol. The Kier molecular flexibility index (Phi) is 3.91. The van der Waals surface area contributed by atoms with Gasteiger partial charge in [-0.2, -0.15) is 26.3 Å². The summed E-state index contributed by atoms with van der Waals surface area (Å²) in [6.07, 6.45) is -13.0. The van der Waals surface area contributed by atoms with Gasteiger partial charge in [0.15, 0.2) is 5.60 Å². The van der Waals surface area contributed by atoms with Crippen LogP contribution in [0.4, 0.5) is 26.3 Å². The average Bonchev–Trinajstić information content (AvgIpc) is 2.25. The molecule has 9 heteroatoms. The van der Waals surface area contributed by atoms with E-state index < -0.39 is 36.4 Å². The smallest absolute Gasteiger partial charge is 0.371 e. The third kappa shape index (κ3) is 2.08. The van der Waals surface area contributed by atoms with Crippen LogP contribution in [-0.4, -0.2) is 33.9 Å². The molecule has 2 N–H and O–H groups in total. The van der Waals surface area contributed by atoms with Gasteiger partial charge < -0.3 is 5.11 Å². The van der Waals surface area contributed by atoms with E-state index in [-0.39, 0.29) is 12.8 Å². The lowest BCUT2D eigenvalue weighted by atomic mass is 9.71. The Morgan fingerprint density at radius 3 is 1.50 bits per heavy atom. The van der Waals surface area contributed by atoms with E-state index in [1.165, 1.54) is 0 Å². The van der Waals surface area contributed by atoms with E-state index in [1.807, 2.05) is 0 Å². The second kappa shape index (κ2) is 4.53. The summed E-state index contributed by atoms with van der Waals surface area (Å²) in [5, 5.41) is 17.8. The molecule has 0 aromatic rings. The molecule has 0 aromatic heterocycles. The highest BCUT2D eigenvalue weighted by molar-refractivity contribution is 5.10. The van der Waals surface area contributed by atoms with Gasteiger partial charge in [-0.3, -0.25) is 5.26 Å². The Bertz CT molecular complexity index is 278. The lowest BCUT2D eigenvalue weighted by molar-refractivity contribution is -0.467. The van der Waals surface area contributed by atoms with Gasteiger partial charge in [0.05, 0.1) is 0 Å². The molecule has 1 rings (SSSR count). The first-order valence-corrected chi connectivity index (χ1v) is 5.20. The van der Waals surface area contributed by atoms with Crippen LogP contribution >= 0.6 is 0 Å². The van der Waals surface area contributed by atoms with Crippen LogP contribution in [0, 0.1) is 0 Å². The van der Waals surface area contributed by atoms with Crippen LogP contribution in [0.5, 0.6) is 0 Å². The first-order valence-electron chi connectivity index (χ1n) is 5.20. The third-order valence-corrected chi connectivity index (χ3v) is 3.32. The summed E-state index contributed by atoms with van der Waals surface area (Å²) in [5.74, 6) is 0. The second-order valence-electron chi connectivity index (χ2n) is 4.35. The Labute approximate surface area is 98.3 Å². The largest absolute Gasteiger partial charge is 0.429 e. The Morgan fingerprint density at radius 2 is 1.22 bits per heavy atom. The number of aliphatic hydroxyl groups is 1. The summed E-state index contributed by atoms with van der Waals surface area (Å²) >= 11 is 0. The lowest BCUT2D eigenvalue weighted by Gasteiger charge is -2.47. The zero-order valence-electron chi connectivity index (χ0n) is 9.11. The standard InChI is InChI=1S/C9H12F6O3/c10-8(11,12)7(16,9(13,14)15)6(18-17)4-2-1-3-5-6/h16-17H,1-5H2. The van der Waals surface area contributed by atoms with Crippen LogP contribution in [0.2, 0.25) is 0 Å². The number of alkyl halides is 6. The van der Waals surface area contributed by atoms with E-state index in [4.69, 9.17) is 5.26 Å². The number of halogens is 6. The van der Waals surface area contributed by atoms with E-state index >= 15 is 0 Å². The van der Waals surface area contributed by atoms with Crippen LogP contribution < -0.4 is 0 Å². The molecule has 1 fully saturated rings. The molecule has 0 spiro atoms. The number of hydrogen-bond donors (Lipinski definition) is 2. The topological polar surface area (TPSA) is 49.7 Å². The molecule has 108 valence electrons. The van der Waals surface area contributed by atoms with Gasteiger partial charge in [-0.1, -0.05) is 19.3 Å². The molecule has 0 unspecified atom stereocenters. The zero-order chi connectivity index (χ0) is 14.2. The van der Waals surface area contributed by atoms with Gasteiger partial charge in [-0.25, -0.2) is 4.89 Å². The minimum Gasteiger partial charge on any atom is -0.371 e. The van der Waals surface area contributed by atoms with Gasteiger partial charge in [-0.15, -0.1) is 0 Å². The highest BCUT2D eigenvalue weighted by Gasteiger charge is 2.80. The highest BCUT2D eigenvalue weighted by atomic mass is 19.4. The molecule has 0 heterocycles. The summed E-state index contributed by atoms with van der Waals surface area (Å²) in [6, 6.07) is 0. The van der Waals surface area contributed by atoms with Crippen LogP contribution in [0.1, 0.15) is 32.1 Å². The lowest BCUT2D eigenvalue weighted by Crippen LogP contribution is -2.71. The molecule has 0 aromatic carbocycles. The van der Waals surface area contributed by atoms with Gasteiger partial charge >= 0.3 is 12.4 Å². The summed E-state index contributed by atoms with van der Waals surface area (Å²) in [7, 11) is 0. The second-order valence-corrected chi connectivity index (χ2v) is 4.35. The van der Waals surface area contributed by atoms with Crippen molar-refractivity contribution in [2.45, 2.75) is 55.7 Å². The fourth-order valence-corrected chi connectivity index (χ4v) is 2.32. The Morgan fingerprint density at radius 1 is 0.833 bits per heavy atom. The van der Waals surface area contributed by atoms with Crippen molar-refractivity contribution in [3.8, 4) is 0 Å². The van der Waals surface area contributed by atoms with E-state index in [9.17, 15) is 31.4 Å². The van der Waals surface area contributed by atoms with E-state index in [0.29, 0.717) is 6.42 Å². The summed E-state index contributed by atoms with van der Waals surface area (Å²) in [4.78, 5) is 3.51. The predicted octanol–water partition coefficient (Wildman–Crippen LogP) is 3.03. The summed E-state index contributed by atoms with van der Waals surface area (Å²) in [5.41, 5.74) is -8.18. The molecule has 3 nitrogen and oxygen atoms in total. The monoisotopic (exact) mass is 282 g/mol. The molecule has 0 aliphatic heterocycles. The molecule has 1 aliphatic carbocycles. The summed E-state index contributed by atoms with van der Waals surface area (Å²) in [6.45, 7) is 0. The maximum atomic E-state index is 12.7. The first-order chi connectivity index (χ1) is 8.02. The minimum absolute atomic E-state index is 0.00493. The molecule has 0 amide bonds. The fraction of sp³-hybridized carbons (Fsp3) is 1.00. The molecule has 0 atom stereocenters. The van der Waals surface area contributed by atoms with Crippen molar-refractivity contribution in [1.29, 1.82) is 0 Å². The van der Waals surface area contributed by atoms with Gasteiger partial charge in [0.25, 0.3) is 5.60 Å². The third-order valence-electron chi connectivity index (χ3n) is 3.32. The molecule has 0 bridgehead atoms. The normalized spacial score (nSPS) is 22.0. The van der Waals surface area contributed by atoms with Gasteiger partial charge in [0.1, 0.15) is 0 Å². The summed E-state index contributed by atoms with van der Waals surface area (Å²) < 4.78 is 75.9. The molecular formula is C9H12F6O3. The fourth-order valence-electron chi connectivity index (χ4n) is 2.32. The van der Waals surface area contributed by atoms with Crippen molar-refractivity contribution in [2.24, 2.45) is 0 Å². The molecule has 1 aliphatic rings. The number of hydrogen-bond acceptors (Lipinski definition) is 3. The quantitative estimate of drug-likeness (QED) is 0.465. The molecule has 18 heavy (non-hydrogen) atoms. The Balaban J connectivity index is 3.33. The van der Waals surface area contributed by atoms with Crippen molar-refractivity contribution in [3.05, 3.63) is 0 Å². The maximum Gasteiger partial charge on any atom is 0.429 e. The van der Waals surface area contributed by atoms with Crippen LogP contribution in [0.25, 0.3) is 0 Å². The van der Waals surface area contributed by atoms with Gasteiger partial charge in [0, 0.05) is 0 Å². The van der Waals surface area contributed by atoms with Crippen molar-refractivity contribution in [2.75, 3.05) is 0 Å². The predicted molar refractivity (Wildman–Crippen MR) is 46.6 cm³/mol. The zero-order valence-corrected chi connectivity index (χ0v) is 9.11. The molecule has 1 saturated carbocycles. The van der Waals surface area contributed by atoms with E-state index in [1.54, 1.807) is 0 Å².